The number of carbonyl (C=O) groups excluding carboxylic acids is 1. The Morgan fingerprint density at radius 2 is 2.00 bits per heavy atom. The fourth-order valence-electron chi connectivity index (χ4n) is 1.48. The Hall–Kier alpha value is -1.00. The van der Waals surface area contributed by atoms with Crippen molar-refractivity contribution in [2.75, 3.05) is 5.75 Å². The molecule has 1 amide bonds. The minimum Gasteiger partial charge on any atom is -0.290 e. The van der Waals surface area contributed by atoms with E-state index in [0.717, 1.165) is 5.75 Å². The van der Waals surface area contributed by atoms with Crippen molar-refractivity contribution in [1.29, 1.82) is 0 Å². The number of nitrogen functional groups attached to an aromatic ring is 1. The van der Waals surface area contributed by atoms with Gasteiger partial charge in [-0.25, -0.2) is 5.84 Å². The largest absolute Gasteiger partial charge is 0.290 e. The number of rotatable bonds is 7. The third-order valence-corrected chi connectivity index (χ3v) is 3.62. The molecule has 0 unspecified atom stereocenters. The summed E-state index contributed by atoms with van der Waals surface area (Å²) in [5, 5.41) is 0. The molecule has 1 aromatic carbocycles. The van der Waals surface area contributed by atoms with Gasteiger partial charge in [0.25, 0.3) is 5.91 Å². The zero-order valence-corrected chi connectivity index (χ0v) is 11.1. The van der Waals surface area contributed by atoms with Crippen molar-refractivity contribution in [2.45, 2.75) is 31.9 Å². The summed E-state index contributed by atoms with van der Waals surface area (Å²) in [4.78, 5) is 11.2. The molecule has 0 aliphatic carbocycles. The molecule has 0 saturated heterocycles. The van der Waals surface area contributed by atoms with E-state index in [1.54, 1.807) is 0 Å². The Kier molecular flexibility index (Phi) is 6.74. The van der Waals surface area contributed by atoms with E-state index >= 15 is 0 Å². The summed E-state index contributed by atoms with van der Waals surface area (Å²) in [5.41, 5.74) is 3.98. The zero-order valence-electron chi connectivity index (χ0n) is 10.2. The van der Waals surface area contributed by atoms with E-state index in [1.165, 1.54) is 30.6 Å². The van der Waals surface area contributed by atoms with Crippen LogP contribution >= 0.6 is 11.8 Å². The molecule has 0 radical (unpaired) electrons. The van der Waals surface area contributed by atoms with Crippen molar-refractivity contribution in [3.8, 4) is 0 Å². The monoisotopic (exact) mass is 252 g/mol. The molecular weight excluding hydrogens is 232 g/mol. The van der Waals surface area contributed by atoms with Crippen LogP contribution in [-0.2, 0) is 5.75 Å². The summed E-state index contributed by atoms with van der Waals surface area (Å²) in [7, 11) is 0. The van der Waals surface area contributed by atoms with E-state index in [4.69, 9.17) is 5.84 Å². The summed E-state index contributed by atoms with van der Waals surface area (Å²) in [5.74, 6) is 7.04. The van der Waals surface area contributed by atoms with Crippen LogP contribution in [0.3, 0.4) is 0 Å². The molecule has 0 aliphatic rings. The van der Waals surface area contributed by atoms with Crippen molar-refractivity contribution < 1.29 is 4.79 Å². The standard InChI is InChI=1S/C13H20N2OS/c1-2-3-4-9-17-10-11-5-7-12(8-6-11)13(16)15-14/h5-8H,2-4,9-10,14H2,1H3,(H,15,16). The van der Waals surface area contributed by atoms with Gasteiger partial charge in [-0.05, 0) is 29.9 Å². The van der Waals surface area contributed by atoms with Gasteiger partial charge in [0.15, 0.2) is 0 Å². The average molecular weight is 252 g/mol. The molecule has 0 spiro atoms. The van der Waals surface area contributed by atoms with E-state index in [0.29, 0.717) is 5.56 Å². The Balaban J connectivity index is 2.33. The summed E-state index contributed by atoms with van der Waals surface area (Å²) in [6.45, 7) is 2.21. The molecule has 0 heterocycles. The molecule has 1 rings (SSSR count). The van der Waals surface area contributed by atoms with Crippen LogP contribution in [-0.4, -0.2) is 11.7 Å². The molecule has 0 atom stereocenters. The number of unbranched alkanes of at least 4 members (excludes halogenated alkanes) is 2. The lowest BCUT2D eigenvalue weighted by molar-refractivity contribution is 0.0953. The number of benzene rings is 1. The van der Waals surface area contributed by atoms with Gasteiger partial charge in [-0.15, -0.1) is 0 Å². The fourth-order valence-corrected chi connectivity index (χ4v) is 2.46. The summed E-state index contributed by atoms with van der Waals surface area (Å²) >= 11 is 1.94. The highest BCUT2D eigenvalue weighted by Crippen LogP contribution is 2.15. The van der Waals surface area contributed by atoms with E-state index in [2.05, 4.69) is 12.3 Å². The smallest absolute Gasteiger partial charge is 0.265 e. The van der Waals surface area contributed by atoms with Gasteiger partial charge < -0.3 is 0 Å². The Morgan fingerprint density at radius 1 is 1.29 bits per heavy atom. The van der Waals surface area contributed by atoms with E-state index in [-0.39, 0.29) is 5.91 Å². The second-order valence-corrected chi connectivity index (χ2v) is 5.04. The van der Waals surface area contributed by atoms with Gasteiger partial charge in [0.05, 0.1) is 0 Å². The molecular formula is C13H20N2OS. The van der Waals surface area contributed by atoms with Crippen molar-refractivity contribution >= 4 is 17.7 Å². The highest BCUT2D eigenvalue weighted by molar-refractivity contribution is 7.98. The first-order valence-corrected chi connectivity index (χ1v) is 7.11. The maximum atomic E-state index is 11.2. The van der Waals surface area contributed by atoms with Crippen molar-refractivity contribution in [3.63, 3.8) is 0 Å². The second kappa shape index (κ2) is 8.14. The van der Waals surface area contributed by atoms with Gasteiger partial charge in [-0.2, -0.15) is 11.8 Å². The predicted octanol–water partition coefficient (Wildman–Crippen LogP) is 2.71. The van der Waals surface area contributed by atoms with Crippen LogP contribution in [0.4, 0.5) is 0 Å². The first-order chi connectivity index (χ1) is 8.27. The molecule has 0 aliphatic heterocycles. The van der Waals surface area contributed by atoms with Crippen LogP contribution in [0.25, 0.3) is 0 Å². The molecule has 1 aromatic rings. The molecule has 0 bridgehead atoms. The SMILES string of the molecule is CCCCCSCc1ccc(C(=O)NN)cc1. The van der Waals surface area contributed by atoms with Crippen molar-refractivity contribution in [2.24, 2.45) is 5.84 Å². The third kappa shape index (κ3) is 5.24. The first-order valence-electron chi connectivity index (χ1n) is 5.95. The summed E-state index contributed by atoms with van der Waals surface area (Å²) < 4.78 is 0. The van der Waals surface area contributed by atoms with Crippen LogP contribution in [0.2, 0.25) is 0 Å². The van der Waals surface area contributed by atoms with Crippen LogP contribution in [0.5, 0.6) is 0 Å². The van der Waals surface area contributed by atoms with Crippen LogP contribution < -0.4 is 11.3 Å². The quantitative estimate of drug-likeness (QED) is 0.339. The number of hydrazine groups is 1. The van der Waals surface area contributed by atoms with Crippen LogP contribution in [0, 0.1) is 0 Å². The Morgan fingerprint density at radius 3 is 2.59 bits per heavy atom. The van der Waals surface area contributed by atoms with Gasteiger partial charge in [0.2, 0.25) is 0 Å². The molecule has 17 heavy (non-hydrogen) atoms. The third-order valence-electron chi connectivity index (χ3n) is 2.51. The lowest BCUT2D eigenvalue weighted by Crippen LogP contribution is -2.29. The maximum Gasteiger partial charge on any atom is 0.265 e. The van der Waals surface area contributed by atoms with E-state index in [9.17, 15) is 4.79 Å². The van der Waals surface area contributed by atoms with Crippen LogP contribution in [0.15, 0.2) is 24.3 Å². The summed E-state index contributed by atoms with van der Waals surface area (Å²) in [6, 6.07) is 7.59. The van der Waals surface area contributed by atoms with Gasteiger partial charge >= 0.3 is 0 Å². The van der Waals surface area contributed by atoms with Gasteiger partial charge in [0.1, 0.15) is 0 Å². The Bertz CT molecular complexity index is 338. The highest BCUT2D eigenvalue weighted by atomic mass is 32.2. The van der Waals surface area contributed by atoms with Gasteiger partial charge in [-0.1, -0.05) is 31.9 Å². The van der Waals surface area contributed by atoms with Crippen LogP contribution in [0.1, 0.15) is 42.1 Å². The van der Waals surface area contributed by atoms with Gasteiger partial charge in [-0.3, -0.25) is 10.2 Å². The minimum atomic E-state index is -0.243. The minimum absolute atomic E-state index is 0.243. The molecule has 0 fully saturated rings. The average Bonchev–Trinajstić information content (AvgIpc) is 2.38. The molecule has 0 aromatic heterocycles. The molecule has 3 N–H and O–H groups in total. The fraction of sp³-hybridized carbons (Fsp3) is 0.462. The second-order valence-electron chi connectivity index (χ2n) is 3.93. The number of nitrogens with one attached hydrogen (secondary N) is 1. The van der Waals surface area contributed by atoms with E-state index in [1.807, 2.05) is 36.0 Å². The topological polar surface area (TPSA) is 55.1 Å². The molecule has 3 nitrogen and oxygen atoms in total. The normalized spacial score (nSPS) is 10.2. The number of carbonyl (C=O) groups is 1. The number of hydrogen-bond acceptors (Lipinski definition) is 3. The van der Waals surface area contributed by atoms with Gasteiger partial charge in [0, 0.05) is 11.3 Å². The molecule has 4 heteroatoms. The highest BCUT2D eigenvalue weighted by Gasteiger charge is 2.02. The maximum absolute atomic E-state index is 11.2. The van der Waals surface area contributed by atoms with Crippen molar-refractivity contribution in [1.82, 2.24) is 5.43 Å². The zero-order chi connectivity index (χ0) is 12.5. The summed E-state index contributed by atoms with van der Waals surface area (Å²) in [6.07, 6.45) is 3.86. The van der Waals surface area contributed by atoms with Crippen molar-refractivity contribution in [3.05, 3.63) is 35.4 Å². The number of thioether (sulfide) groups is 1. The number of hydrogen-bond donors (Lipinski definition) is 2. The molecule has 94 valence electrons. The first kappa shape index (κ1) is 14.1. The lowest BCUT2D eigenvalue weighted by Gasteiger charge is -2.03. The van der Waals surface area contributed by atoms with E-state index < -0.39 is 0 Å². The molecule has 0 saturated carbocycles. The Labute approximate surface area is 107 Å². The predicted molar refractivity (Wildman–Crippen MR) is 73.8 cm³/mol. The lowest BCUT2D eigenvalue weighted by atomic mass is 10.1. The number of amides is 1. The number of nitrogens with two attached hydrogens (primary N) is 1.